The molecule has 1 heterocycles. The molecule has 0 bridgehead atoms. The minimum atomic E-state index is 1.25. The van der Waals surface area contributed by atoms with Crippen LogP contribution in [0.4, 0.5) is 0 Å². The maximum atomic E-state index is 4.18. The third-order valence-electron chi connectivity index (χ3n) is 2.87. The Morgan fingerprint density at radius 3 is 2.73 bits per heavy atom. The van der Waals surface area contributed by atoms with Crippen LogP contribution in [0.2, 0.25) is 0 Å². The number of benzene rings is 2. The van der Waals surface area contributed by atoms with Crippen molar-refractivity contribution in [1.29, 1.82) is 0 Å². The summed E-state index contributed by atoms with van der Waals surface area (Å²) in [6.07, 6.45) is 3.80. The lowest BCUT2D eigenvalue weighted by atomic mass is 10.00. The van der Waals surface area contributed by atoms with Crippen molar-refractivity contribution >= 4 is 21.5 Å². The van der Waals surface area contributed by atoms with E-state index in [1.165, 1.54) is 27.1 Å². The molecule has 0 saturated carbocycles. The number of aromatic nitrogens is 1. The minimum Gasteiger partial charge on any atom is -0.264 e. The maximum Gasteiger partial charge on any atom is 0.0349 e. The largest absolute Gasteiger partial charge is 0.264 e. The Morgan fingerprint density at radius 1 is 0.933 bits per heavy atom. The Morgan fingerprint density at radius 2 is 1.80 bits per heavy atom. The summed E-state index contributed by atoms with van der Waals surface area (Å²) >= 11 is 0. The molecule has 0 radical (unpaired) electrons. The van der Waals surface area contributed by atoms with E-state index in [1.807, 2.05) is 12.4 Å². The summed E-state index contributed by atoms with van der Waals surface area (Å²) in [4.78, 5) is 4.18. The summed E-state index contributed by atoms with van der Waals surface area (Å²) in [6.45, 7) is 2.14. The molecule has 0 atom stereocenters. The van der Waals surface area contributed by atoms with Crippen LogP contribution in [0.3, 0.4) is 0 Å². The fraction of sp³-hybridized carbons (Fsp3) is 0.0714. The zero-order chi connectivity index (χ0) is 10.3. The van der Waals surface area contributed by atoms with Gasteiger partial charge in [0.2, 0.25) is 0 Å². The summed E-state index contributed by atoms with van der Waals surface area (Å²) in [7, 11) is 0. The molecule has 0 aliphatic carbocycles. The van der Waals surface area contributed by atoms with Crippen LogP contribution >= 0.6 is 0 Å². The van der Waals surface area contributed by atoms with Gasteiger partial charge < -0.3 is 0 Å². The van der Waals surface area contributed by atoms with E-state index < -0.39 is 0 Å². The summed E-state index contributed by atoms with van der Waals surface area (Å²) in [5.41, 5.74) is 1.29. The lowest BCUT2D eigenvalue weighted by Crippen LogP contribution is -1.82. The highest BCUT2D eigenvalue weighted by molar-refractivity contribution is 6.08. The third kappa shape index (κ3) is 1.20. The minimum absolute atomic E-state index is 1.25. The lowest BCUT2D eigenvalue weighted by Gasteiger charge is -2.06. The quantitative estimate of drug-likeness (QED) is 0.496. The van der Waals surface area contributed by atoms with Crippen LogP contribution in [0.5, 0.6) is 0 Å². The molecule has 0 spiro atoms. The number of fused-ring (bicyclic) bond motifs is 3. The predicted molar refractivity (Wildman–Crippen MR) is 64.0 cm³/mol. The SMILES string of the molecule is Cc1cc2ccccc2c2ccncc12. The van der Waals surface area contributed by atoms with E-state index in [2.05, 4.69) is 48.3 Å². The fourth-order valence-electron chi connectivity index (χ4n) is 2.12. The van der Waals surface area contributed by atoms with Crippen molar-refractivity contribution in [3.8, 4) is 0 Å². The van der Waals surface area contributed by atoms with Crippen molar-refractivity contribution in [3.63, 3.8) is 0 Å². The van der Waals surface area contributed by atoms with E-state index in [1.54, 1.807) is 0 Å². The van der Waals surface area contributed by atoms with Gasteiger partial charge in [0.15, 0.2) is 0 Å². The van der Waals surface area contributed by atoms with E-state index >= 15 is 0 Å². The Kier molecular flexibility index (Phi) is 1.72. The first-order valence-corrected chi connectivity index (χ1v) is 5.08. The van der Waals surface area contributed by atoms with Gasteiger partial charge in [0, 0.05) is 17.8 Å². The van der Waals surface area contributed by atoms with Crippen LogP contribution in [0.25, 0.3) is 21.5 Å². The van der Waals surface area contributed by atoms with Crippen molar-refractivity contribution in [1.82, 2.24) is 4.98 Å². The molecule has 0 amide bonds. The molecule has 0 saturated heterocycles. The first kappa shape index (κ1) is 8.42. The lowest BCUT2D eigenvalue weighted by molar-refractivity contribution is 1.36. The summed E-state index contributed by atoms with van der Waals surface area (Å²) in [5.74, 6) is 0. The van der Waals surface area contributed by atoms with Crippen molar-refractivity contribution in [2.24, 2.45) is 0 Å². The van der Waals surface area contributed by atoms with E-state index in [0.717, 1.165) is 0 Å². The van der Waals surface area contributed by atoms with Crippen molar-refractivity contribution in [3.05, 3.63) is 54.4 Å². The number of aryl methyl sites for hydroxylation is 1. The molecule has 1 heteroatoms. The smallest absolute Gasteiger partial charge is 0.0349 e. The molecule has 2 aromatic carbocycles. The van der Waals surface area contributed by atoms with Crippen molar-refractivity contribution < 1.29 is 0 Å². The average molecular weight is 193 g/mol. The van der Waals surface area contributed by atoms with E-state index in [4.69, 9.17) is 0 Å². The molecule has 3 aromatic rings. The molecule has 1 aromatic heterocycles. The van der Waals surface area contributed by atoms with Gasteiger partial charge in [-0.15, -0.1) is 0 Å². The van der Waals surface area contributed by atoms with Crippen LogP contribution < -0.4 is 0 Å². The van der Waals surface area contributed by atoms with Crippen LogP contribution in [-0.4, -0.2) is 4.98 Å². The molecule has 0 aliphatic rings. The normalized spacial score (nSPS) is 11.0. The van der Waals surface area contributed by atoms with Gasteiger partial charge in [-0.05, 0) is 34.7 Å². The first-order chi connectivity index (χ1) is 7.36. The molecular weight excluding hydrogens is 182 g/mol. The monoisotopic (exact) mass is 193 g/mol. The number of hydrogen-bond acceptors (Lipinski definition) is 1. The molecule has 0 aliphatic heterocycles. The maximum absolute atomic E-state index is 4.18. The molecule has 0 unspecified atom stereocenters. The zero-order valence-corrected chi connectivity index (χ0v) is 8.57. The van der Waals surface area contributed by atoms with Gasteiger partial charge in [0.05, 0.1) is 0 Å². The highest BCUT2D eigenvalue weighted by Gasteiger charge is 2.02. The topological polar surface area (TPSA) is 12.9 Å². The van der Waals surface area contributed by atoms with Crippen molar-refractivity contribution in [2.45, 2.75) is 6.92 Å². The molecule has 0 N–H and O–H groups in total. The molecule has 72 valence electrons. The molecule has 0 fully saturated rings. The van der Waals surface area contributed by atoms with Gasteiger partial charge in [-0.1, -0.05) is 30.3 Å². The summed E-state index contributed by atoms with van der Waals surface area (Å²) in [5, 5.41) is 5.14. The predicted octanol–water partition coefficient (Wildman–Crippen LogP) is 3.70. The fourth-order valence-corrected chi connectivity index (χ4v) is 2.12. The van der Waals surface area contributed by atoms with Crippen LogP contribution in [0.15, 0.2) is 48.8 Å². The highest BCUT2D eigenvalue weighted by atomic mass is 14.6. The van der Waals surface area contributed by atoms with Gasteiger partial charge in [0.25, 0.3) is 0 Å². The molecule has 3 rings (SSSR count). The number of pyridine rings is 1. The standard InChI is InChI=1S/C14H11N/c1-10-8-11-4-2-3-5-12(11)13-6-7-15-9-14(10)13/h2-9H,1H3. The van der Waals surface area contributed by atoms with Gasteiger partial charge in [0.1, 0.15) is 0 Å². The van der Waals surface area contributed by atoms with Gasteiger partial charge in [-0.25, -0.2) is 0 Å². The number of hydrogen-bond donors (Lipinski definition) is 0. The highest BCUT2D eigenvalue weighted by Crippen LogP contribution is 2.27. The zero-order valence-electron chi connectivity index (χ0n) is 8.57. The third-order valence-corrected chi connectivity index (χ3v) is 2.87. The Labute approximate surface area is 88.4 Å². The Hall–Kier alpha value is -1.89. The van der Waals surface area contributed by atoms with Gasteiger partial charge >= 0.3 is 0 Å². The van der Waals surface area contributed by atoms with Gasteiger partial charge in [-0.2, -0.15) is 0 Å². The van der Waals surface area contributed by atoms with Crippen LogP contribution in [0.1, 0.15) is 5.56 Å². The summed E-state index contributed by atoms with van der Waals surface area (Å²) < 4.78 is 0. The molecule has 15 heavy (non-hydrogen) atoms. The van der Waals surface area contributed by atoms with Crippen molar-refractivity contribution in [2.75, 3.05) is 0 Å². The number of nitrogens with zero attached hydrogens (tertiary/aromatic N) is 1. The number of rotatable bonds is 0. The van der Waals surface area contributed by atoms with Crippen LogP contribution in [0, 0.1) is 6.92 Å². The van der Waals surface area contributed by atoms with E-state index in [0.29, 0.717) is 0 Å². The van der Waals surface area contributed by atoms with E-state index in [9.17, 15) is 0 Å². The van der Waals surface area contributed by atoms with Gasteiger partial charge in [-0.3, -0.25) is 4.98 Å². The molecular formula is C14H11N. The second-order valence-electron chi connectivity index (χ2n) is 3.84. The second kappa shape index (κ2) is 3.06. The Balaban J connectivity index is 2.64. The summed E-state index contributed by atoms with van der Waals surface area (Å²) in [6, 6.07) is 12.8. The Bertz CT molecular complexity index is 641. The van der Waals surface area contributed by atoms with Crippen LogP contribution in [-0.2, 0) is 0 Å². The second-order valence-corrected chi connectivity index (χ2v) is 3.84. The van der Waals surface area contributed by atoms with E-state index in [-0.39, 0.29) is 0 Å². The molecule has 1 nitrogen and oxygen atoms in total. The average Bonchev–Trinajstić information content (AvgIpc) is 2.30. The first-order valence-electron chi connectivity index (χ1n) is 5.08.